The van der Waals surface area contributed by atoms with E-state index in [1.807, 2.05) is 0 Å². The molecular weight excluding hydrogens is 203 g/mol. The third-order valence-electron chi connectivity index (χ3n) is 1.32. The molecule has 0 aliphatic heterocycles. The van der Waals surface area contributed by atoms with Gasteiger partial charge in [0.2, 0.25) is 0 Å². The Hall–Kier alpha value is -0.980. The Labute approximate surface area is 79.6 Å². The minimum atomic E-state index is -4.07. The molecule has 0 aromatic carbocycles. The highest BCUT2D eigenvalue weighted by Crippen LogP contribution is 2.17. The van der Waals surface area contributed by atoms with Crippen LogP contribution >= 0.6 is 0 Å². The van der Waals surface area contributed by atoms with Crippen molar-refractivity contribution in [2.75, 3.05) is 27.1 Å². The van der Waals surface area contributed by atoms with E-state index in [1.165, 1.54) is 7.11 Å². The summed E-state index contributed by atoms with van der Waals surface area (Å²) in [6.07, 6.45) is -5.38. The molecular formula is C7H12F3NO3. The molecule has 0 saturated carbocycles. The minimum Gasteiger partial charge on any atom is -0.382 e. The Balaban J connectivity index is 4.16. The van der Waals surface area contributed by atoms with Crippen LogP contribution in [0, 0.1) is 0 Å². The quantitative estimate of drug-likeness (QED) is 0.654. The third-order valence-corrected chi connectivity index (χ3v) is 1.32. The molecule has 0 rings (SSSR count). The fraction of sp³-hybridized carbons (Fsp3) is 0.857. The van der Waals surface area contributed by atoms with Gasteiger partial charge in [-0.1, -0.05) is 0 Å². The Morgan fingerprint density at radius 1 is 1.50 bits per heavy atom. The van der Waals surface area contributed by atoms with Crippen molar-refractivity contribution in [2.45, 2.75) is 13.0 Å². The SMILES string of the molecule is CCN(COC)C(=O)OC(F)(F)CF. The number of ether oxygens (including phenoxy) is 2. The summed E-state index contributed by atoms with van der Waals surface area (Å²) in [6.45, 7) is -0.538. The molecule has 7 heteroatoms. The lowest BCUT2D eigenvalue weighted by atomic mass is 10.6. The van der Waals surface area contributed by atoms with Gasteiger partial charge in [-0.15, -0.1) is 0 Å². The van der Waals surface area contributed by atoms with Crippen LogP contribution in [0.3, 0.4) is 0 Å². The second kappa shape index (κ2) is 5.69. The zero-order valence-electron chi connectivity index (χ0n) is 7.93. The monoisotopic (exact) mass is 215 g/mol. The second-order valence-electron chi connectivity index (χ2n) is 2.41. The summed E-state index contributed by atoms with van der Waals surface area (Å²) in [6, 6.07) is 0. The molecule has 0 unspecified atom stereocenters. The van der Waals surface area contributed by atoms with Crippen LogP contribution in [0.4, 0.5) is 18.0 Å². The normalized spacial score (nSPS) is 11.2. The van der Waals surface area contributed by atoms with Crippen molar-refractivity contribution in [2.24, 2.45) is 0 Å². The molecule has 0 heterocycles. The molecule has 14 heavy (non-hydrogen) atoms. The van der Waals surface area contributed by atoms with Crippen LogP contribution in [-0.4, -0.2) is 44.2 Å². The zero-order chi connectivity index (χ0) is 11.2. The van der Waals surface area contributed by atoms with Crippen molar-refractivity contribution in [1.29, 1.82) is 0 Å². The number of nitrogens with zero attached hydrogens (tertiary/aromatic N) is 1. The maximum absolute atomic E-state index is 12.3. The molecule has 0 radical (unpaired) electrons. The molecule has 0 bridgehead atoms. The Bertz CT molecular complexity index is 189. The number of hydrogen-bond acceptors (Lipinski definition) is 3. The van der Waals surface area contributed by atoms with E-state index in [4.69, 9.17) is 0 Å². The van der Waals surface area contributed by atoms with Gasteiger partial charge in [-0.25, -0.2) is 9.18 Å². The molecule has 0 saturated heterocycles. The van der Waals surface area contributed by atoms with E-state index >= 15 is 0 Å². The van der Waals surface area contributed by atoms with Crippen LogP contribution in [0.5, 0.6) is 0 Å². The maximum atomic E-state index is 12.3. The van der Waals surface area contributed by atoms with E-state index in [1.54, 1.807) is 6.92 Å². The lowest BCUT2D eigenvalue weighted by molar-refractivity contribution is -0.214. The highest BCUT2D eigenvalue weighted by molar-refractivity contribution is 5.67. The van der Waals surface area contributed by atoms with Gasteiger partial charge in [0.25, 0.3) is 0 Å². The number of halogens is 3. The molecule has 4 nitrogen and oxygen atoms in total. The van der Waals surface area contributed by atoms with Crippen LogP contribution in [0.2, 0.25) is 0 Å². The highest BCUT2D eigenvalue weighted by atomic mass is 19.3. The summed E-state index contributed by atoms with van der Waals surface area (Å²) in [4.78, 5) is 11.8. The van der Waals surface area contributed by atoms with Gasteiger partial charge in [-0.2, -0.15) is 8.78 Å². The number of carbonyl (C=O) groups excluding carboxylic acids is 1. The summed E-state index contributed by atoms with van der Waals surface area (Å²) < 4.78 is 44.3. The molecule has 0 aromatic heterocycles. The van der Waals surface area contributed by atoms with Gasteiger partial charge in [0.15, 0.2) is 6.67 Å². The van der Waals surface area contributed by atoms with Gasteiger partial charge in [-0.3, -0.25) is 4.90 Å². The molecule has 84 valence electrons. The Morgan fingerprint density at radius 2 is 2.07 bits per heavy atom. The number of alkyl halides is 3. The van der Waals surface area contributed by atoms with E-state index in [0.29, 0.717) is 0 Å². The van der Waals surface area contributed by atoms with E-state index in [0.717, 1.165) is 4.90 Å². The summed E-state index contributed by atoms with van der Waals surface area (Å²) >= 11 is 0. The molecule has 0 spiro atoms. The lowest BCUT2D eigenvalue weighted by Crippen LogP contribution is -2.38. The molecule has 0 aliphatic rings. The van der Waals surface area contributed by atoms with Crippen molar-refractivity contribution >= 4 is 6.09 Å². The van der Waals surface area contributed by atoms with Crippen molar-refractivity contribution in [3.63, 3.8) is 0 Å². The number of hydrogen-bond donors (Lipinski definition) is 0. The van der Waals surface area contributed by atoms with Gasteiger partial charge < -0.3 is 9.47 Å². The largest absolute Gasteiger partial charge is 0.430 e. The molecule has 0 atom stereocenters. The van der Waals surface area contributed by atoms with Crippen LogP contribution in [0.15, 0.2) is 0 Å². The number of methoxy groups -OCH3 is 1. The van der Waals surface area contributed by atoms with E-state index in [-0.39, 0.29) is 13.3 Å². The van der Waals surface area contributed by atoms with Gasteiger partial charge in [-0.05, 0) is 6.92 Å². The molecule has 0 fully saturated rings. The van der Waals surface area contributed by atoms with Crippen LogP contribution < -0.4 is 0 Å². The van der Waals surface area contributed by atoms with E-state index in [9.17, 15) is 18.0 Å². The fourth-order valence-electron chi connectivity index (χ4n) is 0.648. The lowest BCUT2D eigenvalue weighted by Gasteiger charge is -2.21. The maximum Gasteiger partial charge on any atom is 0.430 e. The Kier molecular flexibility index (Phi) is 5.29. The van der Waals surface area contributed by atoms with Crippen molar-refractivity contribution in [3.05, 3.63) is 0 Å². The number of rotatable bonds is 5. The molecule has 0 aliphatic carbocycles. The summed E-state index contributed by atoms with van der Waals surface area (Å²) in [5.41, 5.74) is 0. The first-order chi connectivity index (χ1) is 6.46. The fourth-order valence-corrected chi connectivity index (χ4v) is 0.648. The van der Waals surface area contributed by atoms with Gasteiger partial charge in [0.1, 0.15) is 6.73 Å². The summed E-state index contributed by atoms with van der Waals surface area (Å²) in [5, 5.41) is 0. The van der Waals surface area contributed by atoms with Gasteiger partial charge in [0, 0.05) is 13.7 Å². The second-order valence-corrected chi connectivity index (χ2v) is 2.41. The first kappa shape index (κ1) is 13.0. The molecule has 0 aromatic rings. The van der Waals surface area contributed by atoms with E-state index < -0.39 is 18.9 Å². The Morgan fingerprint density at radius 3 is 2.43 bits per heavy atom. The van der Waals surface area contributed by atoms with Crippen molar-refractivity contribution in [3.8, 4) is 0 Å². The first-order valence-electron chi connectivity index (χ1n) is 3.87. The predicted molar refractivity (Wildman–Crippen MR) is 41.7 cm³/mol. The van der Waals surface area contributed by atoms with Crippen molar-refractivity contribution in [1.82, 2.24) is 4.90 Å². The number of carbonyl (C=O) groups is 1. The minimum absolute atomic E-state index is 0.134. The molecule has 0 N–H and O–H groups in total. The standard InChI is InChI=1S/C7H12F3NO3/c1-3-11(5-13-2)6(12)14-7(9,10)4-8/h3-5H2,1-2H3. The summed E-state index contributed by atoms with van der Waals surface area (Å²) in [5.74, 6) is 0. The van der Waals surface area contributed by atoms with Crippen molar-refractivity contribution < 1.29 is 27.4 Å². The molecule has 1 amide bonds. The van der Waals surface area contributed by atoms with Crippen LogP contribution in [0.1, 0.15) is 6.92 Å². The van der Waals surface area contributed by atoms with Crippen LogP contribution in [-0.2, 0) is 9.47 Å². The number of amides is 1. The average Bonchev–Trinajstić information content (AvgIpc) is 2.13. The van der Waals surface area contributed by atoms with Gasteiger partial charge in [0.05, 0.1) is 0 Å². The smallest absolute Gasteiger partial charge is 0.382 e. The average molecular weight is 215 g/mol. The third kappa shape index (κ3) is 4.31. The summed E-state index contributed by atoms with van der Waals surface area (Å²) in [7, 11) is 1.29. The highest BCUT2D eigenvalue weighted by Gasteiger charge is 2.35. The predicted octanol–water partition coefficient (Wildman–Crippen LogP) is 1.61. The first-order valence-corrected chi connectivity index (χ1v) is 3.87. The van der Waals surface area contributed by atoms with E-state index in [2.05, 4.69) is 9.47 Å². The van der Waals surface area contributed by atoms with Crippen LogP contribution in [0.25, 0.3) is 0 Å². The zero-order valence-corrected chi connectivity index (χ0v) is 7.93. The van der Waals surface area contributed by atoms with Gasteiger partial charge >= 0.3 is 12.2 Å². The topological polar surface area (TPSA) is 38.8 Å².